The molecule has 0 atom stereocenters. The molecule has 104 valence electrons. The van der Waals surface area contributed by atoms with E-state index in [1.807, 2.05) is 30.3 Å². The number of para-hydroxylation sites is 1. The average Bonchev–Trinajstić information content (AvgIpc) is 2.47. The summed E-state index contributed by atoms with van der Waals surface area (Å²) < 4.78 is 0. The van der Waals surface area contributed by atoms with Gasteiger partial charge in [0, 0.05) is 18.8 Å². The lowest BCUT2D eigenvalue weighted by atomic mass is 9.84. The van der Waals surface area contributed by atoms with Crippen LogP contribution in [0.1, 0.15) is 39.0 Å². The molecule has 0 amide bonds. The summed E-state index contributed by atoms with van der Waals surface area (Å²) >= 11 is 5.51. The van der Waals surface area contributed by atoms with Gasteiger partial charge in [-0.1, -0.05) is 31.5 Å². The van der Waals surface area contributed by atoms with Crippen LogP contribution in [0.3, 0.4) is 0 Å². The molecule has 0 unspecified atom stereocenters. The van der Waals surface area contributed by atoms with Gasteiger partial charge in [-0.25, -0.2) is 0 Å². The van der Waals surface area contributed by atoms with Gasteiger partial charge in [0.2, 0.25) is 0 Å². The van der Waals surface area contributed by atoms with E-state index in [0.717, 1.165) is 16.7 Å². The van der Waals surface area contributed by atoms with Gasteiger partial charge in [0.1, 0.15) is 0 Å². The van der Waals surface area contributed by atoms with Crippen LogP contribution in [0, 0.1) is 5.92 Å². The number of hydrogen-bond donors (Lipinski definition) is 1. The van der Waals surface area contributed by atoms with E-state index in [2.05, 4.69) is 24.2 Å². The van der Waals surface area contributed by atoms with Gasteiger partial charge in [-0.05, 0) is 56.0 Å². The molecule has 2 rings (SSSR count). The number of nitrogens with one attached hydrogen (secondary N) is 1. The highest BCUT2D eigenvalue weighted by atomic mass is 32.1. The molecule has 0 spiro atoms. The highest BCUT2D eigenvalue weighted by molar-refractivity contribution is 7.80. The normalized spacial score (nSPS) is 22.8. The third-order valence-corrected chi connectivity index (χ3v) is 4.68. The Morgan fingerprint density at radius 1 is 1.21 bits per heavy atom. The van der Waals surface area contributed by atoms with E-state index < -0.39 is 0 Å². The molecule has 1 aromatic carbocycles. The van der Waals surface area contributed by atoms with Crippen molar-refractivity contribution in [3.8, 4) is 0 Å². The summed E-state index contributed by atoms with van der Waals surface area (Å²) in [6.45, 7) is 2.30. The van der Waals surface area contributed by atoms with Crippen molar-refractivity contribution in [2.75, 3.05) is 12.4 Å². The minimum atomic E-state index is 0.603. The van der Waals surface area contributed by atoms with Crippen LogP contribution in [-0.2, 0) is 0 Å². The maximum Gasteiger partial charge on any atom is 0.173 e. The second-order valence-corrected chi connectivity index (χ2v) is 5.88. The highest BCUT2D eigenvalue weighted by Gasteiger charge is 2.24. The summed E-state index contributed by atoms with van der Waals surface area (Å²) in [5, 5.41) is 4.16. The van der Waals surface area contributed by atoms with Crippen LogP contribution in [0.25, 0.3) is 0 Å². The Labute approximate surface area is 122 Å². The van der Waals surface area contributed by atoms with Crippen molar-refractivity contribution in [3.63, 3.8) is 0 Å². The minimum absolute atomic E-state index is 0.603. The van der Waals surface area contributed by atoms with Gasteiger partial charge < -0.3 is 10.2 Å². The number of nitrogens with zero attached hydrogens (tertiary/aromatic N) is 1. The molecule has 0 aliphatic heterocycles. The Kier molecular flexibility index (Phi) is 5.20. The number of thiocarbonyl (C=S) groups is 1. The Morgan fingerprint density at radius 3 is 2.42 bits per heavy atom. The molecule has 0 aromatic heterocycles. The third kappa shape index (κ3) is 3.93. The second kappa shape index (κ2) is 6.90. The van der Waals surface area contributed by atoms with Crippen molar-refractivity contribution < 1.29 is 0 Å². The van der Waals surface area contributed by atoms with Gasteiger partial charge in [0.05, 0.1) is 0 Å². The van der Waals surface area contributed by atoms with Gasteiger partial charge in [0.15, 0.2) is 5.11 Å². The minimum Gasteiger partial charge on any atom is -0.349 e. The van der Waals surface area contributed by atoms with E-state index in [4.69, 9.17) is 12.2 Å². The van der Waals surface area contributed by atoms with E-state index in [-0.39, 0.29) is 0 Å². The van der Waals surface area contributed by atoms with E-state index in [0.29, 0.717) is 6.04 Å². The first-order chi connectivity index (χ1) is 9.20. The molecule has 0 radical (unpaired) electrons. The smallest absolute Gasteiger partial charge is 0.173 e. The van der Waals surface area contributed by atoms with Gasteiger partial charge in [-0.3, -0.25) is 0 Å². The summed E-state index contributed by atoms with van der Waals surface area (Å²) in [6.07, 6.45) is 6.55. The molecule has 2 nitrogen and oxygen atoms in total. The SMILES string of the molecule is CCC1CCC(N(C)C(=S)Nc2ccccc2)CC1. The van der Waals surface area contributed by atoms with Gasteiger partial charge in [-0.15, -0.1) is 0 Å². The van der Waals surface area contributed by atoms with Crippen LogP contribution in [0.5, 0.6) is 0 Å². The lowest BCUT2D eigenvalue weighted by Crippen LogP contribution is -2.41. The number of benzene rings is 1. The first-order valence-corrected chi connectivity index (χ1v) is 7.70. The first kappa shape index (κ1) is 14.3. The van der Waals surface area contributed by atoms with Gasteiger partial charge in [-0.2, -0.15) is 0 Å². The lowest BCUT2D eigenvalue weighted by Gasteiger charge is -2.36. The van der Waals surface area contributed by atoms with E-state index in [9.17, 15) is 0 Å². The summed E-state index contributed by atoms with van der Waals surface area (Å²) in [5.41, 5.74) is 1.07. The molecule has 0 heterocycles. The van der Waals surface area contributed by atoms with Crippen molar-refractivity contribution in [3.05, 3.63) is 30.3 Å². The predicted octanol–water partition coefficient (Wildman–Crippen LogP) is 4.28. The molecular weight excluding hydrogens is 252 g/mol. The van der Waals surface area contributed by atoms with E-state index in [1.54, 1.807) is 0 Å². The Hall–Kier alpha value is -1.09. The fourth-order valence-electron chi connectivity index (χ4n) is 2.84. The molecule has 1 saturated carbocycles. The van der Waals surface area contributed by atoms with E-state index in [1.165, 1.54) is 32.1 Å². The molecule has 1 aromatic rings. The maximum atomic E-state index is 5.51. The largest absolute Gasteiger partial charge is 0.349 e. The molecule has 3 heteroatoms. The Balaban J connectivity index is 1.86. The van der Waals surface area contributed by atoms with Crippen LogP contribution in [0.4, 0.5) is 5.69 Å². The average molecular weight is 276 g/mol. The first-order valence-electron chi connectivity index (χ1n) is 7.29. The van der Waals surface area contributed by atoms with Crippen molar-refractivity contribution >= 4 is 23.0 Å². The molecule has 0 bridgehead atoms. The van der Waals surface area contributed by atoms with Crippen LogP contribution >= 0.6 is 12.2 Å². The molecule has 19 heavy (non-hydrogen) atoms. The topological polar surface area (TPSA) is 15.3 Å². The number of hydrogen-bond acceptors (Lipinski definition) is 1. The van der Waals surface area contributed by atoms with Crippen LogP contribution in [-0.4, -0.2) is 23.1 Å². The summed E-state index contributed by atoms with van der Waals surface area (Å²) in [6, 6.07) is 10.8. The molecular formula is C16H24N2S. The standard InChI is InChI=1S/C16H24N2S/c1-3-13-9-11-15(12-10-13)18(2)16(19)17-14-7-5-4-6-8-14/h4-8,13,15H,3,9-12H2,1-2H3,(H,17,19). The Morgan fingerprint density at radius 2 is 1.84 bits per heavy atom. The second-order valence-electron chi connectivity index (χ2n) is 5.49. The highest BCUT2D eigenvalue weighted by Crippen LogP contribution is 2.29. The van der Waals surface area contributed by atoms with Crippen LogP contribution < -0.4 is 5.32 Å². The zero-order chi connectivity index (χ0) is 13.7. The van der Waals surface area contributed by atoms with Crippen molar-refractivity contribution in [2.45, 2.75) is 45.1 Å². The number of rotatable bonds is 3. The van der Waals surface area contributed by atoms with Gasteiger partial charge in [0.25, 0.3) is 0 Å². The zero-order valence-electron chi connectivity index (χ0n) is 11.9. The molecule has 1 N–H and O–H groups in total. The maximum absolute atomic E-state index is 5.51. The summed E-state index contributed by atoms with van der Waals surface area (Å²) in [7, 11) is 2.12. The van der Waals surface area contributed by atoms with Crippen molar-refractivity contribution in [1.82, 2.24) is 4.90 Å². The lowest BCUT2D eigenvalue weighted by molar-refractivity contribution is 0.228. The molecule has 1 fully saturated rings. The van der Waals surface area contributed by atoms with Crippen molar-refractivity contribution in [2.24, 2.45) is 5.92 Å². The molecule has 0 saturated heterocycles. The summed E-state index contributed by atoms with van der Waals surface area (Å²) in [4.78, 5) is 2.24. The number of anilines is 1. The predicted molar refractivity (Wildman–Crippen MR) is 86.5 cm³/mol. The third-order valence-electron chi connectivity index (χ3n) is 4.29. The quantitative estimate of drug-likeness (QED) is 0.829. The van der Waals surface area contributed by atoms with Crippen LogP contribution in [0.15, 0.2) is 30.3 Å². The molecule has 1 aliphatic rings. The zero-order valence-corrected chi connectivity index (χ0v) is 12.7. The summed E-state index contributed by atoms with van der Waals surface area (Å²) in [5.74, 6) is 0.931. The molecule has 1 aliphatic carbocycles. The van der Waals surface area contributed by atoms with Crippen LogP contribution in [0.2, 0.25) is 0 Å². The Bertz CT molecular complexity index is 396. The van der Waals surface area contributed by atoms with Crippen molar-refractivity contribution in [1.29, 1.82) is 0 Å². The fourth-order valence-corrected chi connectivity index (χ4v) is 3.11. The fraction of sp³-hybridized carbons (Fsp3) is 0.562. The van der Waals surface area contributed by atoms with Gasteiger partial charge >= 0.3 is 0 Å². The monoisotopic (exact) mass is 276 g/mol. The van der Waals surface area contributed by atoms with E-state index >= 15 is 0 Å².